The molecule has 0 saturated carbocycles. The lowest BCUT2D eigenvalue weighted by molar-refractivity contribution is -0.167. The number of rotatable bonds is 48. The fourth-order valence-electron chi connectivity index (χ4n) is 6.94. The Labute approximate surface area is 429 Å². The maximum absolute atomic E-state index is 12.8. The van der Waals surface area contributed by atoms with E-state index < -0.39 is 12.1 Å². The first kappa shape index (κ1) is 65.3. The molecule has 392 valence electrons. The van der Waals surface area contributed by atoms with Crippen LogP contribution in [0, 0.1) is 0 Å². The first-order valence-electron chi connectivity index (χ1n) is 27.9. The van der Waals surface area contributed by atoms with Crippen molar-refractivity contribution in [3.05, 3.63) is 146 Å². The average molecular weight is 965 g/mol. The van der Waals surface area contributed by atoms with Gasteiger partial charge in [-0.3, -0.25) is 14.4 Å². The van der Waals surface area contributed by atoms with Crippen molar-refractivity contribution in [3.63, 3.8) is 0 Å². The molecule has 0 saturated heterocycles. The Hall–Kier alpha value is -4.71. The molecule has 0 heterocycles. The number of esters is 3. The summed E-state index contributed by atoms with van der Waals surface area (Å²) in [6.45, 7) is 6.35. The quantitative estimate of drug-likeness (QED) is 0.0199. The van der Waals surface area contributed by atoms with Gasteiger partial charge in [0, 0.05) is 19.3 Å². The van der Waals surface area contributed by atoms with Crippen molar-refractivity contribution in [1.29, 1.82) is 0 Å². The molecule has 0 amide bonds. The minimum atomic E-state index is -0.845. The summed E-state index contributed by atoms with van der Waals surface area (Å²) in [5.74, 6) is -1.08. The molecule has 70 heavy (non-hydrogen) atoms. The van der Waals surface area contributed by atoms with Crippen molar-refractivity contribution >= 4 is 17.9 Å². The van der Waals surface area contributed by atoms with Gasteiger partial charge in [-0.1, -0.05) is 224 Å². The lowest BCUT2D eigenvalue weighted by Crippen LogP contribution is -2.30. The van der Waals surface area contributed by atoms with Gasteiger partial charge < -0.3 is 14.2 Å². The summed E-state index contributed by atoms with van der Waals surface area (Å²) < 4.78 is 16.7. The van der Waals surface area contributed by atoms with Crippen molar-refractivity contribution in [2.45, 2.75) is 226 Å². The third kappa shape index (κ3) is 54.2. The summed E-state index contributed by atoms with van der Waals surface area (Å²) in [4.78, 5) is 38.1. The van der Waals surface area contributed by atoms with E-state index in [2.05, 4.69) is 167 Å². The smallest absolute Gasteiger partial charge is 0.306 e. The molecule has 0 fully saturated rings. The van der Waals surface area contributed by atoms with Crippen molar-refractivity contribution in [1.82, 2.24) is 0 Å². The lowest BCUT2D eigenvalue weighted by atomic mass is 10.1. The summed E-state index contributed by atoms with van der Waals surface area (Å²) in [5, 5.41) is 0. The van der Waals surface area contributed by atoms with Crippen LogP contribution < -0.4 is 0 Å². The van der Waals surface area contributed by atoms with Crippen molar-refractivity contribution < 1.29 is 28.6 Å². The van der Waals surface area contributed by atoms with Crippen LogP contribution in [0.4, 0.5) is 0 Å². The highest BCUT2D eigenvalue weighted by atomic mass is 16.6. The molecule has 0 rings (SSSR count). The topological polar surface area (TPSA) is 78.9 Å². The van der Waals surface area contributed by atoms with Crippen molar-refractivity contribution in [2.75, 3.05) is 13.2 Å². The van der Waals surface area contributed by atoms with Crippen LogP contribution in [0.5, 0.6) is 0 Å². The molecule has 0 aliphatic carbocycles. The summed E-state index contributed by atoms with van der Waals surface area (Å²) in [6.07, 6.45) is 81.2. The predicted octanol–water partition coefficient (Wildman–Crippen LogP) is 18.8. The molecule has 0 aliphatic heterocycles. The molecule has 6 nitrogen and oxygen atoms in total. The Morgan fingerprint density at radius 2 is 0.629 bits per heavy atom. The summed E-state index contributed by atoms with van der Waals surface area (Å²) in [6, 6.07) is 0. The number of carbonyl (C=O) groups is 3. The van der Waals surface area contributed by atoms with E-state index in [0.717, 1.165) is 109 Å². The van der Waals surface area contributed by atoms with Crippen LogP contribution in [0.2, 0.25) is 0 Å². The first-order valence-corrected chi connectivity index (χ1v) is 27.9. The van der Waals surface area contributed by atoms with E-state index in [1.54, 1.807) is 0 Å². The van der Waals surface area contributed by atoms with Gasteiger partial charge in [-0.15, -0.1) is 0 Å². The van der Waals surface area contributed by atoms with E-state index in [-0.39, 0.29) is 38.0 Å². The number of unbranched alkanes of at least 4 members (excludes halogenated alkanes) is 15. The highest BCUT2D eigenvalue weighted by molar-refractivity contribution is 5.71. The van der Waals surface area contributed by atoms with Crippen LogP contribution in [0.15, 0.2) is 146 Å². The van der Waals surface area contributed by atoms with Gasteiger partial charge in [-0.05, 0) is 122 Å². The standard InChI is InChI=1S/C64H100O6/c1-4-7-10-13-16-19-22-25-28-31-34-36-39-42-45-48-51-54-57-63(66)69-60-61(70-64(67)58-55-52-49-46-43-40-37-33-30-27-24-21-18-15-12-9-6-3)59-68-62(65)56-53-50-47-44-41-38-35-32-29-26-23-20-17-14-11-8-5-2/h9,12,17-18,20-22,25-31,34-38,40,44,46-47,49,61H,4-8,10-11,13-16,19,23-24,32-33,39,41-43,45,48,50-60H2,1-3H3/b12-9-,20-17-,21-18-,25-22-,29-26-,30-27-,31-28-,36-34-,38-35-,40-37-,47-44-,49-46-. The molecule has 0 N–H and O–H groups in total. The molecule has 1 unspecified atom stereocenters. The molecule has 0 spiro atoms. The van der Waals surface area contributed by atoms with Gasteiger partial charge in [0.05, 0.1) is 0 Å². The van der Waals surface area contributed by atoms with Gasteiger partial charge >= 0.3 is 17.9 Å². The maximum atomic E-state index is 12.8. The Bertz CT molecular complexity index is 1580. The normalized spacial score (nSPS) is 13.2. The second kappa shape index (κ2) is 56.9. The Kier molecular flexibility index (Phi) is 53.0. The average Bonchev–Trinajstić information content (AvgIpc) is 3.36. The monoisotopic (exact) mass is 965 g/mol. The Balaban J connectivity index is 4.64. The first-order chi connectivity index (χ1) is 34.5. The number of hydrogen-bond donors (Lipinski definition) is 0. The molecule has 6 heteroatoms. The zero-order valence-electron chi connectivity index (χ0n) is 44.7. The van der Waals surface area contributed by atoms with Gasteiger partial charge in [-0.25, -0.2) is 0 Å². The zero-order valence-corrected chi connectivity index (χ0v) is 44.7. The summed E-state index contributed by atoms with van der Waals surface area (Å²) in [7, 11) is 0. The molecular weight excluding hydrogens is 865 g/mol. The van der Waals surface area contributed by atoms with E-state index in [4.69, 9.17) is 14.2 Å². The van der Waals surface area contributed by atoms with Gasteiger partial charge in [0.25, 0.3) is 0 Å². The van der Waals surface area contributed by atoms with E-state index in [0.29, 0.717) is 19.3 Å². The van der Waals surface area contributed by atoms with Crippen molar-refractivity contribution in [2.24, 2.45) is 0 Å². The molecule has 0 aromatic heterocycles. The van der Waals surface area contributed by atoms with Gasteiger partial charge in [0.1, 0.15) is 13.2 Å². The fourth-order valence-corrected chi connectivity index (χ4v) is 6.94. The number of carbonyl (C=O) groups excluding carboxylic acids is 3. The predicted molar refractivity (Wildman–Crippen MR) is 302 cm³/mol. The summed E-state index contributed by atoms with van der Waals surface area (Å²) in [5.41, 5.74) is 0. The fraction of sp³-hybridized carbons (Fsp3) is 0.578. The number of hydrogen-bond acceptors (Lipinski definition) is 6. The van der Waals surface area contributed by atoms with E-state index in [9.17, 15) is 14.4 Å². The largest absolute Gasteiger partial charge is 0.462 e. The molecular formula is C64H100O6. The SMILES string of the molecule is CC/C=C\C/C=C\C/C=C\C/C=C\C/C=C\CCCC(=O)OC(COC(=O)CCC/C=C\C/C=C\C/C=C\C/C=C\CCCCC)COC(=O)CCCCCCC\C=C/C=C\C=C/CCCCCCC. The van der Waals surface area contributed by atoms with Crippen LogP contribution in [0.25, 0.3) is 0 Å². The summed E-state index contributed by atoms with van der Waals surface area (Å²) >= 11 is 0. The van der Waals surface area contributed by atoms with Crippen LogP contribution in [0.1, 0.15) is 220 Å². The van der Waals surface area contributed by atoms with Gasteiger partial charge in [0.15, 0.2) is 6.10 Å². The van der Waals surface area contributed by atoms with Gasteiger partial charge in [0.2, 0.25) is 0 Å². The maximum Gasteiger partial charge on any atom is 0.306 e. The van der Waals surface area contributed by atoms with Crippen molar-refractivity contribution in [3.8, 4) is 0 Å². The number of ether oxygens (including phenoxy) is 3. The van der Waals surface area contributed by atoms with E-state index >= 15 is 0 Å². The molecule has 1 atom stereocenters. The van der Waals surface area contributed by atoms with Crippen LogP contribution in [-0.4, -0.2) is 37.2 Å². The second-order valence-electron chi connectivity index (χ2n) is 17.8. The van der Waals surface area contributed by atoms with Crippen LogP contribution in [0.3, 0.4) is 0 Å². The van der Waals surface area contributed by atoms with Crippen LogP contribution in [-0.2, 0) is 28.6 Å². The van der Waals surface area contributed by atoms with E-state index in [1.165, 1.54) is 57.8 Å². The highest BCUT2D eigenvalue weighted by Gasteiger charge is 2.19. The highest BCUT2D eigenvalue weighted by Crippen LogP contribution is 2.11. The van der Waals surface area contributed by atoms with Crippen LogP contribution >= 0.6 is 0 Å². The molecule has 0 radical (unpaired) electrons. The molecule has 0 aromatic carbocycles. The zero-order chi connectivity index (χ0) is 50.7. The molecule has 0 bridgehead atoms. The Morgan fingerprint density at radius 1 is 0.314 bits per heavy atom. The second-order valence-corrected chi connectivity index (χ2v) is 17.8. The lowest BCUT2D eigenvalue weighted by Gasteiger charge is -2.18. The minimum Gasteiger partial charge on any atom is -0.462 e. The Morgan fingerprint density at radius 3 is 1.07 bits per heavy atom. The van der Waals surface area contributed by atoms with E-state index in [1.807, 2.05) is 0 Å². The third-order valence-corrected chi connectivity index (χ3v) is 11.1. The minimum absolute atomic E-state index is 0.134. The molecule has 0 aliphatic rings. The van der Waals surface area contributed by atoms with Gasteiger partial charge in [-0.2, -0.15) is 0 Å². The number of allylic oxidation sites excluding steroid dienone is 24. The molecule has 0 aromatic rings. The third-order valence-electron chi connectivity index (χ3n) is 11.1.